The minimum atomic E-state index is -0.468. The van der Waals surface area contributed by atoms with E-state index >= 15 is 4.39 Å². The lowest BCUT2D eigenvalue weighted by Crippen LogP contribution is -2.37. The van der Waals surface area contributed by atoms with E-state index in [0.29, 0.717) is 52.7 Å². The molecule has 0 spiro atoms. The molecule has 0 atom stereocenters. The van der Waals surface area contributed by atoms with Gasteiger partial charge in [0.15, 0.2) is 0 Å². The van der Waals surface area contributed by atoms with Crippen molar-refractivity contribution in [1.82, 2.24) is 19.4 Å². The summed E-state index contributed by atoms with van der Waals surface area (Å²) >= 11 is 0. The van der Waals surface area contributed by atoms with Crippen molar-refractivity contribution in [3.05, 3.63) is 92.7 Å². The summed E-state index contributed by atoms with van der Waals surface area (Å²) in [4.78, 5) is 37.6. The molecule has 1 aliphatic carbocycles. The van der Waals surface area contributed by atoms with Crippen molar-refractivity contribution in [3.63, 3.8) is 0 Å². The van der Waals surface area contributed by atoms with Crippen molar-refractivity contribution in [2.45, 2.75) is 52.2 Å². The molecule has 1 aromatic carbocycles. The number of pyridine rings is 2. The lowest BCUT2D eigenvalue weighted by molar-refractivity contribution is -0.112. The number of fused-ring (bicyclic) bond motifs is 3. The Hall–Kier alpha value is -4.28. The molecule has 44 heavy (non-hydrogen) atoms. The number of aromatic nitrogens is 2. The molecule has 2 N–H and O–H groups in total. The van der Waals surface area contributed by atoms with E-state index in [2.05, 4.69) is 28.1 Å². The average molecular weight is 597 g/mol. The summed E-state index contributed by atoms with van der Waals surface area (Å²) in [5.74, 6) is 0.162. The number of halogens is 1. The number of aliphatic hydroxyl groups excluding tert-OH is 1. The van der Waals surface area contributed by atoms with Crippen molar-refractivity contribution in [1.29, 1.82) is 0 Å². The summed E-state index contributed by atoms with van der Waals surface area (Å²) in [6, 6.07) is 8.42. The van der Waals surface area contributed by atoms with E-state index in [1.54, 1.807) is 25.5 Å². The number of aliphatic hydroxyl groups is 1. The first-order valence-electron chi connectivity index (χ1n) is 15.5. The van der Waals surface area contributed by atoms with Crippen LogP contribution in [0.1, 0.15) is 49.4 Å². The number of Topliss-reactive ketones (excluding diaryl/α,β-unsaturated/α-hetero) is 1. The zero-order chi connectivity index (χ0) is 30.5. The normalized spacial score (nSPS) is 18.3. The maximum atomic E-state index is 15.3. The summed E-state index contributed by atoms with van der Waals surface area (Å²) in [6.45, 7) is 5.77. The number of benzene rings is 1. The van der Waals surface area contributed by atoms with Gasteiger partial charge in [-0.1, -0.05) is 13.0 Å². The first kappa shape index (κ1) is 28.5. The molecule has 0 saturated carbocycles. The Morgan fingerprint density at radius 3 is 2.70 bits per heavy atom. The molecule has 10 heteroatoms. The van der Waals surface area contributed by atoms with Crippen LogP contribution in [0, 0.1) is 5.82 Å². The number of ketones is 1. The van der Waals surface area contributed by atoms with Gasteiger partial charge in [-0.25, -0.2) is 9.37 Å². The average Bonchev–Trinajstić information content (AvgIpc) is 3.33. The second kappa shape index (κ2) is 11.3. The van der Waals surface area contributed by atoms with E-state index in [9.17, 15) is 14.7 Å². The molecule has 0 bridgehead atoms. The van der Waals surface area contributed by atoms with Gasteiger partial charge in [-0.15, -0.1) is 0 Å². The zero-order valence-corrected chi connectivity index (χ0v) is 25.2. The van der Waals surface area contributed by atoms with Crippen molar-refractivity contribution in [2.75, 3.05) is 36.4 Å². The Labute approximate surface area is 255 Å². The number of aryl methyl sites for hydroxylation is 1. The van der Waals surface area contributed by atoms with E-state index in [0.717, 1.165) is 68.7 Å². The molecule has 0 radical (unpaired) electrons. The van der Waals surface area contributed by atoms with E-state index in [-0.39, 0.29) is 17.9 Å². The third-order valence-electron chi connectivity index (χ3n) is 9.39. The van der Waals surface area contributed by atoms with Crippen LogP contribution in [-0.4, -0.2) is 56.4 Å². The molecular weight excluding hydrogens is 559 g/mol. The van der Waals surface area contributed by atoms with Crippen LogP contribution < -0.4 is 15.8 Å². The van der Waals surface area contributed by atoms with Gasteiger partial charge in [-0.3, -0.25) is 14.5 Å². The van der Waals surface area contributed by atoms with E-state index in [4.69, 9.17) is 4.98 Å². The smallest absolute Gasteiger partial charge is 0.274 e. The monoisotopic (exact) mass is 596 g/mol. The van der Waals surface area contributed by atoms with Crippen molar-refractivity contribution in [2.24, 2.45) is 7.05 Å². The quantitative estimate of drug-likeness (QED) is 0.428. The van der Waals surface area contributed by atoms with Crippen LogP contribution in [0.3, 0.4) is 0 Å². The third kappa shape index (κ3) is 4.92. The number of hydrogen-bond donors (Lipinski definition) is 2. The van der Waals surface area contributed by atoms with Gasteiger partial charge >= 0.3 is 0 Å². The van der Waals surface area contributed by atoms with Crippen LogP contribution in [0.15, 0.2) is 64.5 Å². The highest BCUT2D eigenvalue weighted by molar-refractivity contribution is 6.11. The number of carbonyl (C=O) groups excluding carboxylic acids is 1. The molecule has 9 nitrogen and oxygen atoms in total. The number of anilines is 3. The van der Waals surface area contributed by atoms with Crippen LogP contribution in [-0.2, 0) is 31.4 Å². The predicted octanol–water partition coefficient (Wildman–Crippen LogP) is 4.57. The molecule has 2 aromatic heterocycles. The van der Waals surface area contributed by atoms with Crippen molar-refractivity contribution >= 4 is 23.0 Å². The number of likely N-dealkylation sites (N-methyl/N-ethyl adjacent to an activating group) is 1. The van der Waals surface area contributed by atoms with Crippen LogP contribution >= 0.6 is 0 Å². The molecule has 0 saturated heterocycles. The summed E-state index contributed by atoms with van der Waals surface area (Å²) < 4.78 is 16.8. The topological polar surface area (TPSA) is 93.9 Å². The highest BCUT2D eigenvalue weighted by Gasteiger charge is 2.38. The molecule has 3 aromatic rings. The Morgan fingerprint density at radius 1 is 1.05 bits per heavy atom. The fraction of sp³-hybridized carbons (Fsp3) is 0.382. The first-order valence-corrected chi connectivity index (χ1v) is 15.5. The minimum Gasteiger partial charge on any atom is -0.392 e. The van der Waals surface area contributed by atoms with Gasteiger partial charge in [0.1, 0.15) is 23.0 Å². The van der Waals surface area contributed by atoms with E-state index in [1.165, 1.54) is 22.3 Å². The van der Waals surface area contributed by atoms with E-state index < -0.39 is 5.82 Å². The van der Waals surface area contributed by atoms with Crippen LogP contribution in [0.5, 0.6) is 0 Å². The van der Waals surface area contributed by atoms with Crippen molar-refractivity contribution in [3.8, 4) is 11.1 Å². The molecule has 4 aliphatic rings. The minimum absolute atomic E-state index is 0.0545. The number of carbonyl (C=O) groups is 1. The number of rotatable bonds is 6. The van der Waals surface area contributed by atoms with Gasteiger partial charge in [-0.05, 0) is 67.6 Å². The number of allylic oxidation sites excluding steroid dienone is 2. The third-order valence-corrected chi connectivity index (χ3v) is 9.39. The molecule has 0 fully saturated rings. The molecule has 0 amide bonds. The Kier molecular flexibility index (Phi) is 7.34. The van der Waals surface area contributed by atoms with Crippen LogP contribution in [0.2, 0.25) is 0 Å². The summed E-state index contributed by atoms with van der Waals surface area (Å²) in [5.41, 5.74) is 7.03. The van der Waals surface area contributed by atoms with Gasteiger partial charge in [0, 0.05) is 85.8 Å². The second-order valence-electron chi connectivity index (χ2n) is 12.0. The molecule has 5 heterocycles. The standard InChI is InChI=1S/C34H37FN6O3/c1-3-39-11-10-27-21(18-39)8-9-32(36-27)37-28-14-22(17-38(2)34(28)44)25-15-23(35)16-30(26(25)20-42)40-12-13-41-29-7-5-4-6-24(29)33(43)31(41)19-40/h8-9,14-17,19,42H,3-7,10-13,18,20H2,1-2H3,(H,36,37). The van der Waals surface area contributed by atoms with Gasteiger partial charge in [0.25, 0.3) is 5.56 Å². The van der Waals surface area contributed by atoms with Crippen LogP contribution in [0.4, 0.5) is 21.6 Å². The SMILES string of the molecule is CCN1CCc2nc(Nc3cc(-c4cc(F)cc(N5C=C6C(=O)C7=C(CCCC7)N6CC5)c4CO)cn(C)c3=O)ccc2C1. The first-order chi connectivity index (χ1) is 21.3. The fourth-order valence-corrected chi connectivity index (χ4v) is 7.05. The number of hydrogen-bond acceptors (Lipinski definition) is 8. The van der Waals surface area contributed by atoms with E-state index in [1.807, 2.05) is 11.0 Å². The Morgan fingerprint density at radius 2 is 1.89 bits per heavy atom. The molecule has 0 unspecified atom stereocenters. The highest BCUT2D eigenvalue weighted by Crippen LogP contribution is 2.41. The summed E-state index contributed by atoms with van der Waals surface area (Å²) in [7, 11) is 1.65. The lowest BCUT2D eigenvalue weighted by Gasteiger charge is -2.35. The summed E-state index contributed by atoms with van der Waals surface area (Å²) in [6.07, 6.45) is 8.11. The Balaban J connectivity index is 1.23. The summed E-state index contributed by atoms with van der Waals surface area (Å²) in [5, 5.41) is 13.8. The Bertz CT molecular complexity index is 1790. The fourth-order valence-electron chi connectivity index (χ4n) is 7.05. The van der Waals surface area contributed by atoms with Crippen LogP contribution in [0.25, 0.3) is 11.1 Å². The maximum Gasteiger partial charge on any atom is 0.274 e. The molecule has 228 valence electrons. The van der Waals surface area contributed by atoms with Crippen molar-refractivity contribution < 1.29 is 14.3 Å². The molecule has 3 aliphatic heterocycles. The second-order valence-corrected chi connectivity index (χ2v) is 12.0. The number of nitrogens with one attached hydrogen (secondary N) is 1. The largest absolute Gasteiger partial charge is 0.392 e. The molecular formula is C34H37FN6O3. The molecule has 7 rings (SSSR count). The van der Waals surface area contributed by atoms with Gasteiger partial charge in [-0.2, -0.15) is 0 Å². The lowest BCUT2D eigenvalue weighted by atomic mass is 9.96. The predicted molar refractivity (Wildman–Crippen MR) is 168 cm³/mol. The van der Waals surface area contributed by atoms with Gasteiger partial charge in [0.05, 0.1) is 6.61 Å². The number of nitrogens with zero attached hydrogens (tertiary/aromatic N) is 5. The zero-order valence-electron chi connectivity index (χ0n) is 25.2. The van der Waals surface area contributed by atoms with Gasteiger partial charge in [0.2, 0.25) is 5.78 Å². The maximum absolute atomic E-state index is 15.3. The van der Waals surface area contributed by atoms with Gasteiger partial charge < -0.3 is 24.8 Å². The highest BCUT2D eigenvalue weighted by atomic mass is 19.1.